The number of ether oxygens (including phenoxy) is 1. The second-order valence-electron chi connectivity index (χ2n) is 3.95. The van der Waals surface area contributed by atoms with Crippen LogP contribution in [0.1, 0.15) is 6.42 Å². The lowest BCUT2D eigenvalue weighted by atomic mass is 10.2. The Labute approximate surface area is 98.7 Å². The van der Waals surface area contributed by atoms with Crippen LogP contribution in [-0.2, 0) is 4.74 Å². The fraction of sp³-hybridized carbons (Fsp3) is 0.364. The van der Waals surface area contributed by atoms with Crippen LogP contribution in [0.3, 0.4) is 0 Å². The van der Waals surface area contributed by atoms with Crippen LogP contribution in [-0.4, -0.2) is 39.0 Å². The molecule has 0 amide bonds. The summed E-state index contributed by atoms with van der Waals surface area (Å²) in [6, 6.07) is 4.30. The van der Waals surface area contributed by atoms with Crippen LogP contribution in [0.15, 0.2) is 31.0 Å². The van der Waals surface area contributed by atoms with E-state index in [4.69, 9.17) is 4.74 Å². The minimum Gasteiger partial charge on any atom is -0.379 e. The van der Waals surface area contributed by atoms with Gasteiger partial charge in [-0.05, 0) is 18.6 Å². The number of pyridine rings is 1. The van der Waals surface area contributed by atoms with Gasteiger partial charge in [-0.25, -0.2) is 14.6 Å². The molecule has 6 nitrogen and oxygen atoms in total. The van der Waals surface area contributed by atoms with Crippen molar-refractivity contribution in [2.24, 2.45) is 0 Å². The third-order valence-electron chi connectivity index (χ3n) is 2.70. The second kappa shape index (κ2) is 4.50. The molecular formula is C11H13N5O. The highest BCUT2D eigenvalue weighted by molar-refractivity contribution is 5.44. The molecule has 1 aliphatic rings. The van der Waals surface area contributed by atoms with Gasteiger partial charge in [0, 0.05) is 6.61 Å². The van der Waals surface area contributed by atoms with Crippen molar-refractivity contribution in [3.63, 3.8) is 0 Å². The van der Waals surface area contributed by atoms with E-state index in [-0.39, 0.29) is 0 Å². The second-order valence-corrected chi connectivity index (χ2v) is 3.95. The highest BCUT2D eigenvalue weighted by Crippen LogP contribution is 2.13. The van der Waals surface area contributed by atoms with Crippen LogP contribution in [0.2, 0.25) is 0 Å². The third kappa shape index (κ3) is 2.26. The SMILES string of the molecule is c1ncn(-c2ccc(NC3CCOC3)cn2)n1. The lowest BCUT2D eigenvalue weighted by Gasteiger charge is -2.11. The number of anilines is 1. The van der Waals surface area contributed by atoms with Crippen molar-refractivity contribution in [3.8, 4) is 5.82 Å². The Morgan fingerprint density at radius 1 is 1.41 bits per heavy atom. The Balaban J connectivity index is 1.71. The maximum Gasteiger partial charge on any atom is 0.155 e. The van der Waals surface area contributed by atoms with E-state index in [1.54, 1.807) is 17.2 Å². The monoisotopic (exact) mass is 231 g/mol. The minimum atomic E-state index is 0.397. The molecule has 88 valence electrons. The van der Waals surface area contributed by atoms with Gasteiger partial charge in [0.05, 0.1) is 24.5 Å². The first-order chi connectivity index (χ1) is 8.42. The normalized spacial score (nSPS) is 19.4. The summed E-state index contributed by atoms with van der Waals surface area (Å²) in [6.07, 6.45) is 5.96. The van der Waals surface area contributed by atoms with E-state index in [1.807, 2.05) is 12.1 Å². The van der Waals surface area contributed by atoms with Crippen molar-refractivity contribution < 1.29 is 4.74 Å². The average molecular weight is 231 g/mol. The van der Waals surface area contributed by atoms with E-state index in [9.17, 15) is 0 Å². The summed E-state index contributed by atoms with van der Waals surface area (Å²) in [4.78, 5) is 8.20. The molecule has 2 aromatic heterocycles. The van der Waals surface area contributed by atoms with E-state index in [2.05, 4.69) is 20.4 Å². The van der Waals surface area contributed by atoms with Crippen LogP contribution < -0.4 is 5.32 Å². The number of hydrogen-bond acceptors (Lipinski definition) is 5. The zero-order chi connectivity index (χ0) is 11.5. The molecule has 17 heavy (non-hydrogen) atoms. The summed E-state index contributed by atoms with van der Waals surface area (Å²) in [5.74, 6) is 0.760. The van der Waals surface area contributed by atoms with Crippen molar-refractivity contribution in [3.05, 3.63) is 31.0 Å². The summed E-state index contributed by atoms with van der Waals surface area (Å²) in [5.41, 5.74) is 1.00. The van der Waals surface area contributed by atoms with Crippen molar-refractivity contribution in [1.29, 1.82) is 0 Å². The summed E-state index contributed by atoms with van der Waals surface area (Å²) in [7, 11) is 0. The molecule has 3 heterocycles. The van der Waals surface area contributed by atoms with Gasteiger partial charge in [-0.2, -0.15) is 5.10 Å². The number of nitrogens with zero attached hydrogens (tertiary/aromatic N) is 4. The van der Waals surface area contributed by atoms with Crippen molar-refractivity contribution in [1.82, 2.24) is 19.7 Å². The largest absolute Gasteiger partial charge is 0.379 e. The van der Waals surface area contributed by atoms with Crippen LogP contribution in [0.5, 0.6) is 0 Å². The molecule has 0 aromatic carbocycles. The number of aromatic nitrogens is 4. The molecule has 1 saturated heterocycles. The van der Waals surface area contributed by atoms with E-state index >= 15 is 0 Å². The summed E-state index contributed by atoms with van der Waals surface area (Å²) >= 11 is 0. The van der Waals surface area contributed by atoms with Gasteiger partial charge in [0.25, 0.3) is 0 Å². The van der Waals surface area contributed by atoms with E-state index in [0.29, 0.717) is 6.04 Å². The van der Waals surface area contributed by atoms with E-state index in [1.165, 1.54) is 6.33 Å². The Morgan fingerprint density at radius 3 is 3.06 bits per heavy atom. The van der Waals surface area contributed by atoms with Gasteiger partial charge in [-0.15, -0.1) is 0 Å². The number of hydrogen-bond donors (Lipinski definition) is 1. The quantitative estimate of drug-likeness (QED) is 0.848. The maximum atomic E-state index is 5.31. The standard InChI is InChI=1S/C11H13N5O/c1-2-11(16-8-12-7-14-16)13-5-9(1)15-10-3-4-17-6-10/h1-2,5,7-8,10,15H,3-4,6H2. The Bertz CT molecular complexity index is 461. The van der Waals surface area contributed by atoms with E-state index < -0.39 is 0 Å². The minimum absolute atomic E-state index is 0.397. The fourth-order valence-corrected chi connectivity index (χ4v) is 1.82. The van der Waals surface area contributed by atoms with Gasteiger partial charge in [0.2, 0.25) is 0 Å². The Kier molecular flexibility index (Phi) is 2.71. The molecule has 3 rings (SSSR count). The predicted octanol–water partition coefficient (Wildman–Crippen LogP) is 0.863. The molecule has 1 atom stereocenters. The zero-order valence-electron chi connectivity index (χ0n) is 9.28. The third-order valence-corrected chi connectivity index (χ3v) is 2.70. The molecule has 6 heteroatoms. The first-order valence-corrected chi connectivity index (χ1v) is 5.57. The molecule has 1 N–H and O–H groups in total. The van der Waals surface area contributed by atoms with Crippen molar-refractivity contribution in [2.45, 2.75) is 12.5 Å². The maximum absolute atomic E-state index is 5.31. The molecule has 0 saturated carbocycles. The van der Waals surface area contributed by atoms with Crippen LogP contribution in [0, 0.1) is 0 Å². The van der Waals surface area contributed by atoms with Crippen LogP contribution >= 0.6 is 0 Å². The average Bonchev–Trinajstić information content (AvgIpc) is 3.01. The first kappa shape index (κ1) is 10.2. The lowest BCUT2D eigenvalue weighted by molar-refractivity contribution is 0.195. The van der Waals surface area contributed by atoms with Crippen LogP contribution in [0.4, 0.5) is 5.69 Å². The molecule has 2 aromatic rings. The Hall–Kier alpha value is -1.95. The number of nitrogens with one attached hydrogen (secondary N) is 1. The summed E-state index contributed by atoms with van der Waals surface area (Å²) < 4.78 is 6.93. The zero-order valence-corrected chi connectivity index (χ0v) is 9.28. The first-order valence-electron chi connectivity index (χ1n) is 5.57. The molecule has 1 aliphatic heterocycles. The molecule has 0 aliphatic carbocycles. The number of rotatable bonds is 3. The predicted molar refractivity (Wildman–Crippen MR) is 62.0 cm³/mol. The van der Waals surface area contributed by atoms with Gasteiger partial charge in [0.1, 0.15) is 12.7 Å². The van der Waals surface area contributed by atoms with Gasteiger partial charge in [-0.1, -0.05) is 0 Å². The molecular weight excluding hydrogens is 218 g/mol. The van der Waals surface area contributed by atoms with Gasteiger partial charge < -0.3 is 10.1 Å². The van der Waals surface area contributed by atoms with Crippen molar-refractivity contribution >= 4 is 5.69 Å². The molecule has 0 spiro atoms. The smallest absolute Gasteiger partial charge is 0.155 e. The highest BCUT2D eigenvalue weighted by Gasteiger charge is 2.14. The van der Waals surface area contributed by atoms with Gasteiger partial charge >= 0.3 is 0 Å². The van der Waals surface area contributed by atoms with Gasteiger partial charge in [-0.3, -0.25) is 0 Å². The highest BCUT2D eigenvalue weighted by atomic mass is 16.5. The molecule has 0 bridgehead atoms. The molecule has 1 unspecified atom stereocenters. The summed E-state index contributed by atoms with van der Waals surface area (Å²) in [5, 5.41) is 7.40. The van der Waals surface area contributed by atoms with Gasteiger partial charge in [0.15, 0.2) is 5.82 Å². The fourth-order valence-electron chi connectivity index (χ4n) is 1.82. The van der Waals surface area contributed by atoms with Crippen LogP contribution in [0.25, 0.3) is 5.82 Å². The van der Waals surface area contributed by atoms with E-state index in [0.717, 1.165) is 31.1 Å². The molecule has 0 radical (unpaired) electrons. The Morgan fingerprint density at radius 2 is 2.41 bits per heavy atom. The topological polar surface area (TPSA) is 64.9 Å². The molecule has 1 fully saturated rings. The lowest BCUT2D eigenvalue weighted by Crippen LogP contribution is -2.18. The summed E-state index contributed by atoms with van der Waals surface area (Å²) in [6.45, 7) is 1.60. The van der Waals surface area contributed by atoms with Crippen molar-refractivity contribution in [2.75, 3.05) is 18.5 Å².